The highest BCUT2D eigenvalue weighted by atomic mass is 79.9. The summed E-state index contributed by atoms with van der Waals surface area (Å²) in [5.41, 5.74) is 1.12. The van der Waals surface area contributed by atoms with E-state index in [1.165, 1.54) is 16.2 Å². The van der Waals surface area contributed by atoms with Gasteiger partial charge in [0.15, 0.2) is 5.13 Å². The zero-order valence-electron chi connectivity index (χ0n) is 10.6. The summed E-state index contributed by atoms with van der Waals surface area (Å²) in [5, 5.41) is 3.58. The van der Waals surface area contributed by atoms with Gasteiger partial charge in [-0.2, -0.15) is 0 Å². The Labute approximate surface area is 141 Å². The van der Waals surface area contributed by atoms with Crippen LogP contribution >= 0.6 is 54.5 Å². The van der Waals surface area contributed by atoms with Crippen molar-refractivity contribution in [2.24, 2.45) is 0 Å². The van der Waals surface area contributed by atoms with E-state index in [-0.39, 0.29) is 5.91 Å². The fraction of sp³-hybridized carbons (Fsp3) is 0.333. The molecule has 2 aromatic heterocycles. The molecular weight excluding hydrogens is 426 g/mol. The van der Waals surface area contributed by atoms with E-state index in [1.807, 2.05) is 6.07 Å². The van der Waals surface area contributed by atoms with E-state index in [0.29, 0.717) is 10.0 Å². The number of thiazole rings is 1. The second-order valence-electron chi connectivity index (χ2n) is 4.56. The van der Waals surface area contributed by atoms with Crippen LogP contribution < -0.4 is 5.32 Å². The molecule has 0 saturated carbocycles. The van der Waals surface area contributed by atoms with Crippen LogP contribution in [0.3, 0.4) is 0 Å². The molecule has 0 atom stereocenters. The average Bonchev–Trinajstić information content (AvgIpc) is 2.93. The van der Waals surface area contributed by atoms with Crippen LogP contribution in [0.25, 0.3) is 0 Å². The van der Waals surface area contributed by atoms with Gasteiger partial charge in [0.1, 0.15) is 0 Å². The molecule has 1 amide bonds. The normalized spacial score (nSPS) is 15.2. The minimum atomic E-state index is -0.110. The van der Waals surface area contributed by atoms with Gasteiger partial charge in [-0.25, -0.2) is 4.98 Å². The topological polar surface area (TPSA) is 45.2 Å². The lowest BCUT2D eigenvalue weighted by Gasteiger charge is -2.20. The largest absolute Gasteiger partial charge is 0.301 e. The van der Waals surface area contributed by atoms with E-state index in [9.17, 15) is 4.79 Å². The fourth-order valence-electron chi connectivity index (χ4n) is 1.99. The summed E-state index contributed by atoms with van der Waals surface area (Å²) in [7, 11) is 2.10. The molecule has 0 aromatic carbocycles. The molecule has 0 spiro atoms. The fourth-order valence-corrected chi connectivity index (χ4v) is 5.01. The quantitative estimate of drug-likeness (QED) is 0.774. The van der Waals surface area contributed by atoms with Gasteiger partial charge in [-0.3, -0.25) is 10.1 Å². The summed E-state index contributed by atoms with van der Waals surface area (Å²) in [5.74, 6) is -0.110. The Kier molecular flexibility index (Phi) is 4.28. The maximum Gasteiger partial charge on any atom is 0.267 e. The molecule has 106 valence electrons. The van der Waals surface area contributed by atoms with E-state index >= 15 is 0 Å². The van der Waals surface area contributed by atoms with Crippen LogP contribution in [0, 0.1) is 0 Å². The molecule has 0 bridgehead atoms. The number of nitrogens with zero attached hydrogens (tertiary/aromatic N) is 2. The SMILES string of the molecule is CN1CCc2nc(NC(=O)c3cc(Br)c(Br)s3)sc2C1. The standard InChI is InChI=1S/C12H11Br2N3OS2/c1-17-3-2-7-9(5-17)20-12(15-7)16-11(18)8-4-6(13)10(14)19-8/h4H,2-3,5H2,1H3,(H,15,16,18). The maximum absolute atomic E-state index is 12.2. The Bertz CT molecular complexity index is 648. The third-order valence-corrected chi connectivity index (χ3v) is 7.26. The predicted octanol–water partition coefficient (Wildman–Crippen LogP) is 3.97. The molecule has 8 heteroatoms. The van der Waals surface area contributed by atoms with Gasteiger partial charge in [0, 0.05) is 28.9 Å². The number of nitrogens with one attached hydrogen (secondary N) is 1. The van der Waals surface area contributed by atoms with Crippen LogP contribution in [0.5, 0.6) is 0 Å². The number of hydrogen-bond donors (Lipinski definition) is 1. The van der Waals surface area contributed by atoms with E-state index < -0.39 is 0 Å². The number of fused-ring (bicyclic) bond motifs is 1. The highest BCUT2D eigenvalue weighted by molar-refractivity contribution is 9.13. The van der Waals surface area contributed by atoms with Crippen LogP contribution in [0.4, 0.5) is 5.13 Å². The predicted molar refractivity (Wildman–Crippen MR) is 89.8 cm³/mol. The minimum Gasteiger partial charge on any atom is -0.301 e. The molecule has 3 rings (SSSR count). The molecule has 1 aliphatic heterocycles. The van der Waals surface area contributed by atoms with Crippen molar-refractivity contribution >= 4 is 65.6 Å². The van der Waals surface area contributed by atoms with Crippen molar-refractivity contribution in [1.82, 2.24) is 9.88 Å². The van der Waals surface area contributed by atoms with Gasteiger partial charge in [0.25, 0.3) is 5.91 Å². The average molecular weight is 437 g/mol. The number of thiophene rings is 1. The summed E-state index contributed by atoms with van der Waals surface area (Å²) in [6.07, 6.45) is 0.953. The number of carbonyl (C=O) groups excluding carboxylic acids is 1. The Hall–Kier alpha value is -0.280. The summed E-state index contributed by atoms with van der Waals surface area (Å²) < 4.78 is 1.82. The van der Waals surface area contributed by atoms with Crippen molar-refractivity contribution < 1.29 is 4.79 Å². The second kappa shape index (κ2) is 5.84. The van der Waals surface area contributed by atoms with Crippen molar-refractivity contribution in [2.75, 3.05) is 18.9 Å². The second-order valence-corrected chi connectivity index (χ2v) is 8.87. The van der Waals surface area contributed by atoms with Crippen LogP contribution in [0.15, 0.2) is 14.3 Å². The minimum absolute atomic E-state index is 0.110. The lowest BCUT2D eigenvalue weighted by molar-refractivity contribution is 0.103. The van der Waals surface area contributed by atoms with Crippen molar-refractivity contribution in [1.29, 1.82) is 0 Å². The van der Waals surface area contributed by atoms with Gasteiger partial charge in [-0.15, -0.1) is 22.7 Å². The van der Waals surface area contributed by atoms with E-state index in [1.54, 1.807) is 11.3 Å². The van der Waals surface area contributed by atoms with Gasteiger partial charge in [0.2, 0.25) is 0 Å². The van der Waals surface area contributed by atoms with Gasteiger partial charge >= 0.3 is 0 Å². The molecule has 0 saturated heterocycles. The molecular formula is C12H11Br2N3OS2. The number of anilines is 1. The van der Waals surface area contributed by atoms with Crippen LogP contribution in [0.2, 0.25) is 0 Å². The zero-order chi connectivity index (χ0) is 14.3. The molecule has 0 unspecified atom stereocenters. The smallest absolute Gasteiger partial charge is 0.267 e. The maximum atomic E-state index is 12.2. The molecule has 0 radical (unpaired) electrons. The third-order valence-electron chi connectivity index (χ3n) is 3.01. The lowest BCUT2D eigenvalue weighted by atomic mass is 10.2. The number of rotatable bonds is 2. The zero-order valence-corrected chi connectivity index (χ0v) is 15.4. The van der Waals surface area contributed by atoms with Gasteiger partial charge in [-0.05, 0) is 45.0 Å². The first-order chi connectivity index (χ1) is 9.52. The highest BCUT2D eigenvalue weighted by Crippen LogP contribution is 2.33. The van der Waals surface area contributed by atoms with Crippen molar-refractivity contribution in [3.05, 3.63) is 29.8 Å². The van der Waals surface area contributed by atoms with E-state index in [0.717, 1.165) is 33.5 Å². The Morgan fingerprint density at radius 1 is 1.45 bits per heavy atom. The molecule has 3 heterocycles. The number of carbonyl (C=O) groups is 1. The molecule has 0 aliphatic carbocycles. The number of aromatic nitrogens is 1. The summed E-state index contributed by atoms with van der Waals surface area (Å²) in [4.78, 5) is 20.9. The molecule has 4 nitrogen and oxygen atoms in total. The van der Waals surface area contributed by atoms with Gasteiger partial charge < -0.3 is 4.90 Å². The van der Waals surface area contributed by atoms with E-state index in [4.69, 9.17) is 0 Å². The van der Waals surface area contributed by atoms with Crippen molar-refractivity contribution in [3.8, 4) is 0 Å². The summed E-state index contributed by atoms with van der Waals surface area (Å²) in [6, 6.07) is 1.81. The number of halogens is 2. The van der Waals surface area contributed by atoms with Crippen molar-refractivity contribution in [3.63, 3.8) is 0 Å². The molecule has 0 fully saturated rings. The lowest BCUT2D eigenvalue weighted by Crippen LogP contribution is -2.25. The Balaban J connectivity index is 1.76. The molecule has 2 aromatic rings. The molecule has 1 aliphatic rings. The first-order valence-corrected chi connectivity index (χ1v) is 9.18. The number of likely N-dealkylation sites (N-methyl/N-ethyl adjacent to an activating group) is 1. The van der Waals surface area contributed by atoms with Crippen molar-refractivity contribution in [2.45, 2.75) is 13.0 Å². The summed E-state index contributed by atoms with van der Waals surface area (Å²) in [6.45, 7) is 1.94. The molecule has 20 heavy (non-hydrogen) atoms. The Morgan fingerprint density at radius 3 is 2.95 bits per heavy atom. The van der Waals surface area contributed by atoms with Crippen LogP contribution in [0.1, 0.15) is 20.2 Å². The molecule has 1 N–H and O–H groups in total. The number of hydrogen-bond acceptors (Lipinski definition) is 5. The van der Waals surface area contributed by atoms with Gasteiger partial charge in [-0.1, -0.05) is 0 Å². The Morgan fingerprint density at radius 2 is 2.25 bits per heavy atom. The third kappa shape index (κ3) is 2.99. The highest BCUT2D eigenvalue weighted by Gasteiger charge is 2.20. The first-order valence-electron chi connectivity index (χ1n) is 5.96. The summed E-state index contributed by atoms with van der Waals surface area (Å²) >= 11 is 9.76. The first kappa shape index (κ1) is 14.6. The monoisotopic (exact) mass is 435 g/mol. The van der Waals surface area contributed by atoms with Gasteiger partial charge in [0.05, 0.1) is 14.4 Å². The van der Waals surface area contributed by atoms with E-state index in [2.05, 4.69) is 54.1 Å². The number of amides is 1. The van der Waals surface area contributed by atoms with Crippen LogP contribution in [-0.2, 0) is 13.0 Å². The van der Waals surface area contributed by atoms with Crippen LogP contribution in [-0.4, -0.2) is 29.4 Å².